The van der Waals surface area contributed by atoms with Crippen LogP contribution in [0.1, 0.15) is 59.1 Å². The van der Waals surface area contributed by atoms with Gasteiger partial charge in [-0.25, -0.2) is 0 Å². The average Bonchev–Trinajstić information content (AvgIpc) is 2.49. The van der Waals surface area contributed by atoms with Gasteiger partial charge >= 0.3 is 5.97 Å². The van der Waals surface area contributed by atoms with E-state index in [1.807, 2.05) is 31.2 Å². The molecule has 1 N–H and O–H groups in total. The first-order valence-corrected chi connectivity index (χ1v) is 9.16. The van der Waals surface area contributed by atoms with Crippen molar-refractivity contribution >= 4 is 16.7 Å². The van der Waals surface area contributed by atoms with Crippen molar-refractivity contribution in [1.82, 2.24) is 0 Å². The van der Waals surface area contributed by atoms with Crippen molar-refractivity contribution in [2.24, 2.45) is 5.92 Å². The zero-order chi connectivity index (χ0) is 19.6. The second-order valence-corrected chi connectivity index (χ2v) is 8.13. The van der Waals surface area contributed by atoms with Gasteiger partial charge in [-0.2, -0.15) is 0 Å². The number of phenols is 1. The molecule has 0 fully saturated rings. The van der Waals surface area contributed by atoms with Gasteiger partial charge in [0.2, 0.25) is 0 Å². The molecule has 0 aromatic heterocycles. The van der Waals surface area contributed by atoms with Crippen molar-refractivity contribution in [3.8, 4) is 11.5 Å². The molecule has 0 aliphatic heterocycles. The Hall–Kier alpha value is -2.29. The first kappa shape index (κ1) is 20.0. The fourth-order valence-corrected chi connectivity index (χ4v) is 3.97. The molecule has 0 unspecified atom stereocenters. The number of benzene rings is 2. The number of fused-ring (bicyclic) bond motifs is 1. The SMILES string of the molecule is CC(=O)Oc1c(C)c(C(C)(C)/C=C(\C)CC(C)C)c(O)c2ccccc12. The van der Waals surface area contributed by atoms with E-state index in [4.69, 9.17) is 4.74 Å². The number of carbonyl (C=O) groups is 1. The van der Waals surface area contributed by atoms with Crippen molar-refractivity contribution in [3.63, 3.8) is 0 Å². The van der Waals surface area contributed by atoms with E-state index in [1.165, 1.54) is 12.5 Å². The minimum Gasteiger partial charge on any atom is -0.507 e. The van der Waals surface area contributed by atoms with E-state index in [0.29, 0.717) is 17.1 Å². The summed E-state index contributed by atoms with van der Waals surface area (Å²) in [5, 5.41) is 12.5. The molecule has 3 nitrogen and oxygen atoms in total. The molecule has 0 aliphatic rings. The van der Waals surface area contributed by atoms with Crippen LogP contribution in [0.2, 0.25) is 0 Å². The maximum absolute atomic E-state index is 11.7. The number of hydrogen-bond donors (Lipinski definition) is 1. The van der Waals surface area contributed by atoms with E-state index >= 15 is 0 Å². The fraction of sp³-hybridized carbons (Fsp3) is 0.435. The lowest BCUT2D eigenvalue weighted by atomic mass is 9.78. The standard InChI is InChI=1S/C23H30O3/c1-14(2)12-15(3)13-23(6,7)20-16(4)22(26-17(5)24)19-11-9-8-10-18(19)21(20)25/h8-11,13-14,25H,12H2,1-7H3/b15-13+. The Morgan fingerprint density at radius 1 is 1.19 bits per heavy atom. The highest BCUT2D eigenvalue weighted by Gasteiger charge is 2.29. The number of hydrogen-bond acceptors (Lipinski definition) is 3. The lowest BCUT2D eigenvalue weighted by molar-refractivity contribution is -0.131. The van der Waals surface area contributed by atoms with Crippen molar-refractivity contribution in [1.29, 1.82) is 0 Å². The van der Waals surface area contributed by atoms with Gasteiger partial charge in [-0.3, -0.25) is 4.79 Å². The third kappa shape index (κ3) is 4.09. The van der Waals surface area contributed by atoms with Crippen LogP contribution in [-0.4, -0.2) is 11.1 Å². The van der Waals surface area contributed by atoms with Gasteiger partial charge in [0.25, 0.3) is 0 Å². The molecule has 0 aliphatic carbocycles. The molecule has 0 heterocycles. The van der Waals surface area contributed by atoms with Crippen molar-refractivity contribution < 1.29 is 14.6 Å². The summed E-state index contributed by atoms with van der Waals surface area (Å²) >= 11 is 0. The Morgan fingerprint density at radius 3 is 2.31 bits per heavy atom. The van der Waals surface area contributed by atoms with E-state index < -0.39 is 5.41 Å². The minimum atomic E-state index is -0.397. The summed E-state index contributed by atoms with van der Waals surface area (Å²) in [4.78, 5) is 11.7. The molecule has 2 rings (SSSR count). The predicted molar refractivity (Wildman–Crippen MR) is 108 cm³/mol. The summed E-state index contributed by atoms with van der Waals surface area (Å²) in [5.74, 6) is 1.00. The second-order valence-electron chi connectivity index (χ2n) is 8.13. The summed E-state index contributed by atoms with van der Waals surface area (Å²) in [5.41, 5.74) is 2.49. The monoisotopic (exact) mass is 354 g/mol. The van der Waals surface area contributed by atoms with Gasteiger partial charge in [0.15, 0.2) is 0 Å². The minimum absolute atomic E-state index is 0.257. The maximum Gasteiger partial charge on any atom is 0.308 e. The van der Waals surface area contributed by atoms with Crippen molar-refractivity contribution in [2.75, 3.05) is 0 Å². The Labute approximate surface area is 156 Å². The van der Waals surface area contributed by atoms with Crippen LogP contribution in [0, 0.1) is 12.8 Å². The normalized spacial score (nSPS) is 12.7. The van der Waals surface area contributed by atoms with Gasteiger partial charge in [0.1, 0.15) is 11.5 Å². The summed E-state index contributed by atoms with van der Waals surface area (Å²) in [6.45, 7) is 14.0. The lowest BCUT2D eigenvalue weighted by Gasteiger charge is -2.28. The van der Waals surface area contributed by atoms with Gasteiger partial charge < -0.3 is 9.84 Å². The van der Waals surface area contributed by atoms with Crippen LogP contribution in [0.25, 0.3) is 10.8 Å². The lowest BCUT2D eigenvalue weighted by Crippen LogP contribution is -2.18. The van der Waals surface area contributed by atoms with Crippen LogP contribution >= 0.6 is 0 Å². The Kier molecular flexibility index (Phi) is 5.80. The zero-order valence-corrected chi connectivity index (χ0v) is 16.9. The van der Waals surface area contributed by atoms with E-state index in [2.05, 4.69) is 40.7 Å². The highest BCUT2D eigenvalue weighted by atomic mass is 16.5. The quantitative estimate of drug-likeness (QED) is 0.404. The van der Waals surface area contributed by atoms with Gasteiger partial charge in [0.05, 0.1) is 0 Å². The summed E-state index contributed by atoms with van der Waals surface area (Å²) in [6.07, 6.45) is 3.22. The molecule has 2 aromatic rings. The summed E-state index contributed by atoms with van der Waals surface area (Å²) in [7, 11) is 0. The molecule has 0 saturated carbocycles. The molecular formula is C23H30O3. The first-order chi connectivity index (χ1) is 12.0. The van der Waals surface area contributed by atoms with Gasteiger partial charge in [-0.05, 0) is 26.2 Å². The van der Waals surface area contributed by atoms with Crippen LogP contribution in [0.4, 0.5) is 0 Å². The van der Waals surface area contributed by atoms with E-state index in [-0.39, 0.29) is 11.7 Å². The molecule has 0 bridgehead atoms. The average molecular weight is 354 g/mol. The number of ether oxygens (including phenoxy) is 1. The van der Waals surface area contributed by atoms with Crippen LogP contribution < -0.4 is 4.74 Å². The van der Waals surface area contributed by atoms with Gasteiger partial charge in [0, 0.05) is 34.2 Å². The Morgan fingerprint density at radius 2 is 1.77 bits per heavy atom. The van der Waals surface area contributed by atoms with E-state index in [1.54, 1.807) is 0 Å². The molecule has 0 atom stereocenters. The molecular weight excluding hydrogens is 324 g/mol. The van der Waals surface area contributed by atoms with E-state index in [9.17, 15) is 9.90 Å². The van der Waals surface area contributed by atoms with Gasteiger partial charge in [-0.15, -0.1) is 0 Å². The highest BCUT2D eigenvalue weighted by molar-refractivity contribution is 5.97. The second kappa shape index (κ2) is 7.53. The van der Waals surface area contributed by atoms with Crippen molar-refractivity contribution in [3.05, 3.63) is 47.0 Å². The smallest absolute Gasteiger partial charge is 0.308 e. The number of esters is 1. The molecule has 0 spiro atoms. The molecule has 2 aromatic carbocycles. The van der Waals surface area contributed by atoms with Crippen LogP contribution in [0.3, 0.4) is 0 Å². The summed E-state index contributed by atoms with van der Waals surface area (Å²) in [6, 6.07) is 7.50. The fourth-order valence-electron chi connectivity index (χ4n) is 3.97. The number of rotatable bonds is 5. The number of allylic oxidation sites excluding steroid dienone is 2. The predicted octanol–water partition coefficient (Wildman–Crippen LogP) is 6.05. The van der Waals surface area contributed by atoms with E-state index in [0.717, 1.165) is 22.9 Å². The van der Waals surface area contributed by atoms with Gasteiger partial charge in [-0.1, -0.05) is 63.6 Å². The zero-order valence-electron chi connectivity index (χ0n) is 16.9. The number of aromatic hydroxyl groups is 1. The third-order valence-electron chi connectivity index (χ3n) is 4.61. The van der Waals surface area contributed by atoms with Crippen LogP contribution in [-0.2, 0) is 10.2 Å². The Bertz CT molecular complexity index is 857. The first-order valence-electron chi connectivity index (χ1n) is 9.16. The number of carbonyl (C=O) groups excluding carboxylic acids is 1. The molecule has 0 saturated heterocycles. The topological polar surface area (TPSA) is 46.5 Å². The highest BCUT2D eigenvalue weighted by Crippen LogP contribution is 2.46. The molecule has 3 heteroatoms. The maximum atomic E-state index is 11.7. The Balaban J connectivity index is 2.76. The molecule has 26 heavy (non-hydrogen) atoms. The largest absolute Gasteiger partial charge is 0.507 e. The third-order valence-corrected chi connectivity index (χ3v) is 4.61. The number of phenolic OH excluding ortho intramolecular Hbond substituents is 1. The molecule has 0 amide bonds. The molecule has 0 radical (unpaired) electrons. The van der Waals surface area contributed by atoms with Crippen LogP contribution in [0.5, 0.6) is 11.5 Å². The summed E-state index contributed by atoms with van der Waals surface area (Å²) < 4.78 is 5.55. The van der Waals surface area contributed by atoms with Crippen molar-refractivity contribution in [2.45, 2.75) is 60.3 Å². The molecule has 140 valence electrons. The van der Waals surface area contributed by atoms with Crippen LogP contribution in [0.15, 0.2) is 35.9 Å².